The zero-order valence-electron chi connectivity index (χ0n) is 7.46. The summed E-state index contributed by atoms with van der Waals surface area (Å²) < 4.78 is 6.52. The maximum atomic E-state index is 6.28. The minimum absolute atomic E-state index is 0.196. The van der Waals surface area contributed by atoms with Gasteiger partial charge >= 0.3 is 0 Å². The Morgan fingerprint density at radius 3 is 2.71 bits per heavy atom. The van der Waals surface area contributed by atoms with E-state index in [1.807, 2.05) is 30.5 Å². The average molecular weight is 292 g/mol. The second-order valence-corrected chi connectivity index (χ2v) is 5.18. The van der Waals surface area contributed by atoms with Crippen molar-refractivity contribution in [3.05, 3.63) is 44.4 Å². The molecule has 14 heavy (non-hydrogen) atoms. The van der Waals surface area contributed by atoms with E-state index in [1.165, 1.54) is 0 Å². The smallest absolute Gasteiger partial charge is 0.127 e. The highest BCUT2D eigenvalue weighted by Gasteiger charge is 2.18. The van der Waals surface area contributed by atoms with Crippen molar-refractivity contribution in [1.29, 1.82) is 0 Å². The Kier molecular flexibility index (Phi) is 3.00. The summed E-state index contributed by atoms with van der Waals surface area (Å²) in [4.78, 5) is 1.08. The maximum Gasteiger partial charge on any atom is 0.127 e. The van der Waals surface area contributed by atoms with E-state index >= 15 is 0 Å². The highest BCUT2D eigenvalue weighted by atomic mass is 79.9. The van der Waals surface area contributed by atoms with E-state index in [0.29, 0.717) is 0 Å². The van der Waals surface area contributed by atoms with Crippen LogP contribution in [0.15, 0.2) is 32.5 Å². The fourth-order valence-corrected chi connectivity index (χ4v) is 3.31. The first-order chi connectivity index (χ1) is 6.68. The number of hydrogen-bond donors (Lipinski definition) is 0. The van der Waals surface area contributed by atoms with Crippen LogP contribution in [0.5, 0.6) is 0 Å². The predicted molar refractivity (Wildman–Crippen MR) is 63.2 cm³/mol. The molecule has 0 amide bonds. The van der Waals surface area contributed by atoms with Crippen molar-refractivity contribution < 1.29 is 4.42 Å². The Hall–Kier alpha value is -0.250. The highest BCUT2D eigenvalue weighted by molar-refractivity contribution is 9.10. The van der Waals surface area contributed by atoms with Gasteiger partial charge in [0.05, 0.1) is 0 Å². The molecule has 1 nitrogen and oxygen atoms in total. The van der Waals surface area contributed by atoms with E-state index in [1.54, 1.807) is 11.3 Å². The first kappa shape index (κ1) is 10.3. The molecule has 0 aliphatic heterocycles. The maximum absolute atomic E-state index is 6.28. The number of alkyl halides is 1. The third-order valence-electron chi connectivity index (χ3n) is 1.89. The summed E-state index contributed by atoms with van der Waals surface area (Å²) in [5.41, 5.74) is 0. The summed E-state index contributed by atoms with van der Waals surface area (Å²) >= 11 is 11.4. The van der Waals surface area contributed by atoms with Gasteiger partial charge in [0.1, 0.15) is 16.9 Å². The molecule has 0 N–H and O–H groups in total. The van der Waals surface area contributed by atoms with Gasteiger partial charge in [-0.3, -0.25) is 0 Å². The van der Waals surface area contributed by atoms with Crippen LogP contribution in [0.2, 0.25) is 0 Å². The number of rotatable bonds is 2. The minimum Gasteiger partial charge on any atom is -0.464 e. The van der Waals surface area contributed by atoms with Crippen LogP contribution in [-0.2, 0) is 0 Å². The van der Waals surface area contributed by atoms with Crippen molar-refractivity contribution in [3.8, 4) is 0 Å². The van der Waals surface area contributed by atoms with Gasteiger partial charge in [-0.15, -0.1) is 22.9 Å². The van der Waals surface area contributed by atoms with Crippen LogP contribution in [0.3, 0.4) is 0 Å². The van der Waals surface area contributed by atoms with Gasteiger partial charge in [-0.05, 0) is 46.4 Å². The van der Waals surface area contributed by atoms with Gasteiger partial charge in [-0.25, -0.2) is 0 Å². The largest absolute Gasteiger partial charge is 0.464 e. The molecular formula is C10H8BrClOS. The number of halogens is 2. The number of hydrogen-bond acceptors (Lipinski definition) is 2. The molecule has 1 atom stereocenters. The van der Waals surface area contributed by atoms with Crippen molar-refractivity contribution in [3.63, 3.8) is 0 Å². The third-order valence-corrected chi connectivity index (χ3v) is 4.38. The lowest BCUT2D eigenvalue weighted by molar-refractivity contribution is 0.490. The molecule has 2 heterocycles. The van der Waals surface area contributed by atoms with E-state index < -0.39 is 0 Å². The van der Waals surface area contributed by atoms with Crippen molar-refractivity contribution in [2.75, 3.05) is 0 Å². The molecule has 0 bridgehead atoms. The SMILES string of the molecule is Cc1ccc(C(Cl)c2sccc2Br)o1. The van der Waals surface area contributed by atoms with Crippen LogP contribution in [0.25, 0.3) is 0 Å². The second kappa shape index (κ2) is 4.09. The fraction of sp³-hybridized carbons (Fsp3) is 0.200. The molecule has 2 aromatic rings. The number of aryl methyl sites for hydroxylation is 1. The Morgan fingerprint density at radius 2 is 2.21 bits per heavy atom. The molecule has 0 fully saturated rings. The van der Waals surface area contributed by atoms with E-state index in [9.17, 15) is 0 Å². The van der Waals surface area contributed by atoms with E-state index in [2.05, 4.69) is 15.9 Å². The molecule has 0 saturated carbocycles. The van der Waals surface area contributed by atoms with Gasteiger partial charge in [-0.1, -0.05) is 0 Å². The fourth-order valence-electron chi connectivity index (χ4n) is 1.21. The van der Waals surface area contributed by atoms with Gasteiger partial charge in [0, 0.05) is 9.35 Å². The molecule has 4 heteroatoms. The molecule has 0 radical (unpaired) electrons. The predicted octanol–water partition coefficient (Wildman–Crippen LogP) is 4.74. The van der Waals surface area contributed by atoms with Crippen LogP contribution in [0.4, 0.5) is 0 Å². The lowest BCUT2D eigenvalue weighted by Crippen LogP contribution is -1.87. The van der Waals surface area contributed by atoms with Crippen LogP contribution in [-0.4, -0.2) is 0 Å². The number of thiophene rings is 1. The molecule has 0 saturated heterocycles. The summed E-state index contributed by atoms with van der Waals surface area (Å²) in [6.07, 6.45) is 0. The molecule has 74 valence electrons. The molecule has 0 aliphatic rings. The monoisotopic (exact) mass is 290 g/mol. The Balaban J connectivity index is 2.33. The van der Waals surface area contributed by atoms with Crippen LogP contribution in [0, 0.1) is 6.92 Å². The lowest BCUT2D eigenvalue weighted by atomic mass is 10.3. The normalized spacial score (nSPS) is 13.1. The highest BCUT2D eigenvalue weighted by Crippen LogP contribution is 2.37. The summed E-state index contributed by atoms with van der Waals surface area (Å²) in [7, 11) is 0. The molecule has 0 aliphatic carbocycles. The van der Waals surface area contributed by atoms with Crippen molar-refractivity contribution >= 4 is 38.9 Å². The topological polar surface area (TPSA) is 13.1 Å². The van der Waals surface area contributed by atoms with E-state index in [-0.39, 0.29) is 5.38 Å². The van der Waals surface area contributed by atoms with Crippen LogP contribution < -0.4 is 0 Å². The van der Waals surface area contributed by atoms with Crippen LogP contribution >= 0.6 is 38.9 Å². The molecule has 2 aromatic heterocycles. The summed E-state index contributed by atoms with van der Waals surface area (Å²) in [6, 6.07) is 5.83. The second-order valence-electron chi connectivity index (χ2n) is 2.94. The molecule has 0 spiro atoms. The third kappa shape index (κ3) is 1.90. The van der Waals surface area contributed by atoms with Gasteiger partial charge in [0.2, 0.25) is 0 Å². The lowest BCUT2D eigenvalue weighted by Gasteiger charge is -2.04. The Labute approximate surface area is 99.8 Å². The van der Waals surface area contributed by atoms with Gasteiger partial charge in [0.25, 0.3) is 0 Å². The zero-order chi connectivity index (χ0) is 10.1. The number of furan rings is 1. The first-order valence-corrected chi connectivity index (χ1v) is 6.22. The van der Waals surface area contributed by atoms with Gasteiger partial charge < -0.3 is 4.42 Å². The van der Waals surface area contributed by atoms with Gasteiger partial charge in [-0.2, -0.15) is 0 Å². The minimum atomic E-state index is -0.196. The quantitative estimate of drug-likeness (QED) is 0.728. The molecule has 2 rings (SSSR count). The standard InChI is InChI=1S/C10H8BrClOS/c1-6-2-3-8(13-6)9(12)10-7(11)4-5-14-10/h2-5,9H,1H3. The van der Waals surface area contributed by atoms with Crippen molar-refractivity contribution in [1.82, 2.24) is 0 Å². The van der Waals surface area contributed by atoms with Gasteiger partial charge in [0.15, 0.2) is 0 Å². The van der Waals surface area contributed by atoms with E-state index in [0.717, 1.165) is 20.9 Å². The average Bonchev–Trinajstić information content (AvgIpc) is 2.73. The Bertz CT molecular complexity index is 435. The Morgan fingerprint density at radius 1 is 1.43 bits per heavy atom. The molecule has 0 aromatic carbocycles. The zero-order valence-corrected chi connectivity index (χ0v) is 10.6. The summed E-state index contributed by atoms with van der Waals surface area (Å²) in [6.45, 7) is 1.91. The molecule has 1 unspecified atom stereocenters. The summed E-state index contributed by atoms with van der Waals surface area (Å²) in [5, 5.41) is 1.81. The van der Waals surface area contributed by atoms with Crippen LogP contribution in [0.1, 0.15) is 21.8 Å². The van der Waals surface area contributed by atoms with E-state index in [4.69, 9.17) is 16.0 Å². The van der Waals surface area contributed by atoms with Crippen molar-refractivity contribution in [2.24, 2.45) is 0 Å². The van der Waals surface area contributed by atoms with Crippen molar-refractivity contribution in [2.45, 2.75) is 12.3 Å². The first-order valence-electron chi connectivity index (χ1n) is 4.12. The molecular weight excluding hydrogens is 284 g/mol. The summed E-state index contributed by atoms with van der Waals surface area (Å²) in [5.74, 6) is 1.69.